The molecule has 1 aromatic heterocycles. The highest BCUT2D eigenvalue weighted by molar-refractivity contribution is 5.85. The van der Waals surface area contributed by atoms with E-state index in [0.717, 1.165) is 22.9 Å². The number of aliphatic carboxylic acids is 1. The molecular weight excluding hydrogens is 254 g/mol. The molecule has 0 aliphatic carbocycles. The van der Waals surface area contributed by atoms with Gasteiger partial charge in [-0.1, -0.05) is 6.07 Å². The first-order chi connectivity index (χ1) is 9.54. The first kappa shape index (κ1) is 13.8. The molecule has 102 valence electrons. The second kappa shape index (κ2) is 6.02. The molecule has 0 saturated carbocycles. The van der Waals surface area contributed by atoms with Crippen molar-refractivity contribution < 1.29 is 14.6 Å². The van der Waals surface area contributed by atoms with E-state index in [4.69, 9.17) is 9.84 Å². The lowest BCUT2D eigenvalue weighted by Crippen LogP contribution is -1.90. The van der Waals surface area contributed by atoms with Gasteiger partial charge in [0, 0.05) is 11.8 Å². The zero-order valence-corrected chi connectivity index (χ0v) is 11.3. The summed E-state index contributed by atoms with van der Waals surface area (Å²) in [7, 11) is 0. The molecule has 2 aromatic rings. The Hall–Kier alpha value is -2.62. The summed E-state index contributed by atoms with van der Waals surface area (Å²) >= 11 is 0. The quantitative estimate of drug-likeness (QED) is 0.862. The molecule has 1 aromatic carbocycles. The van der Waals surface area contributed by atoms with Crippen molar-refractivity contribution in [2.75, 3.05) is 0 Å². The van der Waals surface area contributed by atoms with Crippen molar-refractivity contribution in [3.63, 3.8) is 0 Å². The van der Waals surface area contributed by atoms with Crippen LogP contribution in [0.5, 0.6) is 11.5 Å². The van der Waals surface area contributed by atoms with Gasteiger partial charge < -0.3 is 9.84 Å². The minimum absolute atomic E-state index is 0.670. The third-order valence-corrected chi connectivity index (χ3v) is 2.77. The van der Waals surface area contributed by atoms with E-state index in [-0.39, 0.29) is 0 Å². The van der Waals surface area contributed by atoms with Gasteiger partial charge in [-0.25, -0.2) is 4.79 Å². The molecule has 0 unspecified atom stereocenters. The largest absolute Gasteiger partial charge is 0.478 e. The van der Waals surface area contributed by atoms with E-state index in [1.807, 2.05) is 38.1 Å². The minimum atomic E-state index is -0.963. The van der Waals surface area contributed by atoms with Crippen LogP contribution >= 0.6 is 0 Å². The standard InChI is InChI=1S/C16H15NO3/c1-11-9-14(7-4-13(11)5-8-16(18)19)20-15-6-3-12(2)17-10-15/h3-10H,1-2H3,(H,18,19). The first-order valence-corrected chi connectivity index (χ1v) is 6.17. The Morgan fingerprint density at radius 1 is 1.20 bits per heavy atom. The molecule has 0 amide bonds. The molecular formula is C16H15NO3. The number of carboxylic acids is 1. The molecule has 0 spiro atoms. The number of hydrogen-bond donors (Lipinski definition) is 1. The lowest BCUT2D eigenvalue weighted by molar-refractivity contribution is -0.131. The summed E-state index contributed by atoms with van der Waals surface area (Å²) in [5.41, 5.74) is 2.73. The fourth-order valence-corrected chi connectivity index (χ4v) is 1.71. The Morgan fingerprint density at radius 3 is 2.55 bits per heavy atom. The maximum Gasteiger partial charge on any atom is 0.328 e. The lowest BCUT2D eigenvalue weighted by Gasteiger charge is -2.08. The summed E-state index contributed by atoms with van der Waals surface area (Å²) in [6.07, 6.45) is 4.35. The Morgan fingerprint density at radius 2 is 1.95 bits per heavy atom. The summed E-state index contributed by atoms with van der Waals surface area (Å²) in [4.78, 5) is 14.7. The van der Waals surface area contributed by atoms with E-state index < -0.39 is 5.97 Å². The number of rotatable bonds is 4. The van der Waals surface area contributed by atoms with Crippen LogP contribution in [-0.4, -0.2) is 16.1 Å². The smallest absolute Gasteiger partial charge is 0.328 e. The van der Waals surface area contributed by atoms with Crippen LogP contribution in [-0.2, 0) is 4.79 Å². The minimum Gasteiger partial charge on any atom is -0.478 e. The Balaban J connectivity index is 2.16. The highest BCUT2D eigenvalue weighted by atomic mass is 16.5. The van der Waals surface area contributed by atoms with Gasteiger partial charge in [0.1, 0.15) is 11.5 Å². The topological polar surface area (TPSA) is 59.4 Å². The highest BCUT2D eigenvalue weighted by Crippen LogP contribution is 2.24. The van der Waals surface area contributed by atoms with Gasteiger partial charge in [-0.05, 0) is 55.3 Å². The predicted molar refractivity (Wildman–Crippen MR) is 76.9 cm³/mol. The maximum absolute atomic E-state index is 10.5. The van der Waals surface area contributed by atoms with Crippen LogP contribution in [0, 0.1) is 13.8 Å². The van der Waals surface area contributed by atoms with E-state index in [9.17, 15) is 4.79 Å². The van der Waals surface area contributed by atoms with Crippen LogP contribution in [0.3, 0.4) is 0 Å². The van der Waals surface area contributed by atoms with E-state index in [0.29, 0.717) is 11.5 Å². The number of benzene rings is 1. The molecule has 0 fully saturated rings. The van der Waals surface area contributed by atoms with Crippen molar-refractivity contribution in [2.45, 2.75) is 13.8 Å². The first-order valence-electron chi connectivity index (χ1n) is 6.17. The van der Waals surface area contributed by atoms with Gasteiger partial charge in [-0.2, -0.15) is 0 Å². The average Bonchev–Trinajstić information content (AvgIpc) is 2.40. The molecule has 4 heteroatoms. The zero-order chi connectivity index (χ0) is 14.5. The van der Waals surface area contributed by atoms with Gasteiger partial charge in [-0.3, -0.25) is 4.98 Å². The van der Waals surface area contributed by atoms with Gasteiger partial charge in [0.25, 0.3) is 0 Å². The summed E-state index contributed by atoms with van der Waals surface area (Å²) in [6.45, 7) is 3.82. The van der Waals surface area contributed by atoms with Crippen LogP contribution in [0.25, 0.3) is 6.08 Å². The van der Waals surface area contributed by atoms with Gasteiger partial charge in [0.15, 0.2) is 0 Å². The summed E-state index contributed by atoms with van der Waals surface area (Å²) in [5.74, 6) is 0.403. The Kier molecular flexibility index (Phi) is 4.15. The maximum atomic E-state index is 10.5. The average molecular weight is 269 g/mol. The lowest BCUT2D eigenvalue weighted by atomic mass is 10.1. The summed E-state index contributed by atoms with van der Waals surface area (Å²) in [6, 6.07) is 9.23. The fourth-order valence-electron chi connectivity index (χ4n) is 1.71. The Labute approximate surface area is 117 Å². The molecule has 4 nitrogen and oxygen atoms in total. The summed E-state index contributed by atoms with van der Waals surface area (Å²) in [5, 5.41) is 8.62. The van der Waals surface area contributed by atoms with Crippen molar-refractivity contribution in [3.05, 3.63) is 59.4 Å². The second-order valence-corrected chi connectivity index (χ2v) is 4.43. The van der Waals surface area contributed by atoms with Crippen LogP contribution in [0.4, 0.5) is 0 Å². The van der Waals surface area contributed by atoms with Crippen molar-refractivity contribution >= 4 is 12.0 Å². The predicted octanol–water partition coefficient (Wildman–Crippen LogP) is 3.59. The van der Waals surface area contributed by atoms with Crippen molar-refractivity contribution in [1.82, 2.24) is 4.98 Å². The number of pyridine rings is 1. The van der Waals surface area contributed by atoms with E-state index in [1.165, 1.54) is 0 Å². The van der Waals surface area contributed by atoms with Crippen LogP contribution < -0.4 is 4.74 Å². The number of hydrogen-bond acceptors (Lipinski definition) is 3. The van der Waals surface area contributed by atoms with Crippen LogP contribution in [0.1, 0.15) is 16.8 Å². The number of ether oxygens (including phenoxy) is 1. The second-order valence-electron chi connectivity index (χ2n) is 4.43. The number of nitrogens with zero attached hydrogens (tertiary/aromatic N) is 1. The monoisotopic (exact) mass is 269 g/mol. The number of aryl methyl sites for hydroxylation is 2. The van der Waals surface area contributed by atoms with E-state index in [1.54, 1.807) is 18.3 Å². The van der Waals surface area contributed by atoms with E-state index in [2.05, 4.69) is 4.98 Å². The van der Waals surface area contributed by atoms with Gasteiger partial charge in [0.2, 0.25) is 0 Å². The molecule has 0 saturated heterocycles. The van der Waals surface area contributed by atoms with Crippen molar-refractivity contribution in [3.8, 4) is 11.5 Å². The zero-order valence-electron chi connectivity index (χ0n) is 11.3. The normalized spacial score (nSPS) is 10.7. The summed E-state index contributed by atoms with van der Waals surface area (Å²) < 4.78 is 5.69. The molecule has 2 rings (SSSR count). The van der Waals surface area contributed by atoms with Gasteiger partial charge in [-0.15, -0.1) is 0 Å². The van der Waals surface area contributed by atoms with Gasteiger partial charge >= 0.3 is 5.97 Å². The van der Waals surface area contributed by atoms with Crippen LogP contribution in [0.15, 0.2) is 42.6 Å². The SMILES string of the molecule is Cc1ccc(Oc2ccc(C=CC(=O)O)c(C)c2)cn1. The van der Waals surface area contributed by atoms with E-state index >= 15 is 0 Å². The molecule has 0 atom stereocenters. The molecule has 20 heavy (non-hydrogen) atoms. The number of carbonyl (C=O) groups is 1. The fraction of sp³-hybridized carbons (Fsp3) is 0.125. The highest BCUT2D eigenvalue weighted by Gasteiger charge is 2.01. The molecule has 0 bridgehead atoms. The molecule has 1 heterocycles. The molecule has 0 radical (unpaired) electrons. The molecule has 0 aliphatic rings. The number of aromatic nitrogens is 1. The molecule has 1 N–H and O–H groups in total. The van der Waals surface area contributed by atoms with Crippen LogP contribution in [0.2, 0.25) is 0 Å². The van der Waals surface area contributed by atoms with Crippen molar-refractivity contribution in [1.29, 1.82) is 0 Å². The number of carboxylic acid groups (broad SMARTS) is 1. The van der Waals surface area contributed by atoms with Gasteiger partial charge in [0.05, 0.1) is 6.20 Å². The third kappa shape index (κ3) is 3.68. The Bertz CT molecular complexity index is 645. The van der Waals surface area contributed by atoms with Crippen molar-refractivity contribution in [2.24, 2.45) is 0 Å². The molecule has 0 aliphatic heterocycles. The third-order valence-electron chi connectivity index (χ3n) is 2.77.